The first-order valence-corrected chi connectivity index (χ1v) is 25.3. The van der Waals surface area contributed by atoms with Gasteiger partial charge in [0.2, 0.25) is 0 Å². The lowest BCUT2D eigenvalue weighted by Gasteiger charge is -2.17. The Kier molecular flexibility index (Phi) is 48.8. The van der Waals surface area contributed by atoms with Crippen LogP contribution in [0.1, 0.15) is 162 Å². The molecule has 0 aliphatic rings. The minimum atomic E-state index is -0.896. The van der Waals surface area contributed by atoms with Crippen LogP contribution in [0.25, 0.3) is 0 Å². The number of carbonyl (C=O) groups is 3. The van der Waals surface area contributed by atoms with E-state index < -0.39 is 18.0 Å². The normalized spacial score (nSPS) is 13.7. The van der Waals surface area contributed by atoms with E-state index in [0.29, 0.717) is 19.3 Å². The van der Waals surface area contributed by atoms with E-state index in [1.165, 1.54) is 0 Å². The van der Waals surface area contributed by atoms with Crippen molar-refractivity contribution in [2.24, 2.45) is 0 Å². The van der Waals surface area contributed by atoms with Crippen LogP contribution in [0.2, 0.25) is 0 Å². The molecule has 0 N–H and O–H groups in total. The Balaban J connectivity index is 4.72. The second-order valence-corrected chi connectivity index (χ2v) is 15.6. The molecule has 6 nitrogen and oxygen atoms in total. The number of hydrogen-bond donors (Lipinski definition) is 0. The average Bonchev–Trinajstić information content (AvgIpc) is 3.33. The molecule has 0 aromatic carbocycles. The van der Waals surface area contributed by atoms with Crippen LogP contribution in [0.3, 0.4) is 0 Å². The molecule has 0 fully saturated rings. The van der Waals surface area contributed by atoms with Gasteiger partial charge in [-0.3, -0.25) is 14.4 Å². The number of esters is 3. The summed E-state index contributed by atoms with van der Waals surface area (Å²) in [5, 5.41) is 0. The van der Waals surface area contributed by atoms with Gasteiger partial charge in [0.1, 0.15) is 13.2 Å². The fourth-order valence-corrected chi connectivity index (χ4v) is 5.79. The van der Waals surface area contributed by atoms with Crippen molar-refractivity contribution in [3.63, 3.8) is 0 Å². The summed E-state index contributed by atoms with van der Waals surface area (Å²) in [5.41, 5.74) is 0. The van der Waals surface area contributed by atoms with Crippen molar-refractivity contribution in [3.8, 4) is 0 Å². The van der Waals surface area contributed by atoms with Gasteiger partial charge in [0.05, 0.1) is 12.8 Å². The van der Waals surface area contributed by atoms with Gasteiger partial charge in [-0.2, -0.15) is 0 Å². The summed E-state index contributed by atoms with van der Waals surface area (Å²) in [6.07, 6.45) is 80.7. The second-order valence-electron chi connectivity index (χ2n) is 15.6. The first-order valence-electron chi connectivity index (χ1n) is 25.3. The van der Waals surface area contributed by atoms with Gasteiger partial charge in [-0.25, -0.2) is 0 Å². The van der Waals surface area contributed by atoms with Gasteiger partial charge < -0.3 is 14.2 Å². The Morgan fingerprint density at radius 1 is 0.313 bits per heavy atom. The molecule has 0 amide bonds. The smallest absolute Gasteiger partial charge is 0.310 e. The lowest BCUT2D eigenvalue weighted by atomic mass is 10.1. The van der Waals surface area contributed by atoms with Crippen LogP contribution in [-0.2, 0) is 28.6 Å². The van der Waals surface area contributed by atoms with Crippen LogP contribution in [0, 0.1) is 0 Å². The fourth-order valence-electron chi connectivity index (χ4n) is 5.79. The summed E-state index contributed by atoms with van der Waals surface area (Å²) < 4.78 is 16.5. The molecule has 0 aromatic rings. The maximum atomic E-state index is 12.7. The van der Waals surface area contributed by atoms with E-state index >= 15 is 0 Å². The van der Waals surface area contributed by atoms with Crippen LogP contribution in [0.5, 0.6) is 0 Å². The maximum Gasteiger partial charge on any atom is 0.310 e. The Labute approximate surface area is 408 Å². The highest BCUT2D eigenvalue weighted by molar-refractivity contribution is 5.72. The summed E-state index contributed by atoms with van der Waals surface area (Å²) in [7, 11) is 0. The predicted molar refractivity (Wildman–Crippen MR) is 287 cm³/mol. The van der Waals surface area contributed by atoms with Gasteiger partial charge in [-0.05, 0) is 116 Å². The van der Waals surface area contributed by atoms with Crippen LogP contribution < -0.4 is 0 Å². The highest BCUT2D eigenvalue weighted by Gasteiger charge is 2.19. The zero-order valence-corrected chi connectivity index (χ0v) is 41.8. The molecule has 0 saturated heterocycles. The van der Waals surface area contributed by atoms with Crippen molar-refractivity contribution in [1.29, 1.82) is 0 Å². The van der Waals surface area contributed by atoms with E-state index in [1.54, 1.807) is 12.2 Å². The van der Waals surface area contributed by atoms with Gasteiger partial charge in [-0.1, -0.05) is 209 Å². The lowest BCUT2D eigenvalue weighted by Crippen LogP contribution is -2.30. The van der Waals surface area contributed by atoms with Crippen molar-refractivity contribution in [3.05, 3.63) is 182 Å². The molecule has 0 radical (unpaired) electrons. The standard InChI is InChI=1S/C61H88O6/c1-4-7-10-13-16-19-22-25-28-29-30-31-34-36-39-42-45-48-51-54-60(63)66-57-58(67-61(64)55-52-49-46-43-40-37-33-27-24-21-18-15-12-9-6-3)56-65-59(62)53-50-47-44-41-38-35-32-26-23-20-17-14-11-8-5-2/h7-12,16-21,25-28,30-33,36,38-41,43,47,49-50,52,58H,4-6,13-15,22-24,29,34-35,37,42,44-46,48,51,53-57H2,1-3H3/b10-7-,11-8-,12-9-,19-16-,20-17-,21-18-,28-25-,31-30-,32-26-,33-27-,39-36-,41-38-,43-40-,50-47-,52-49-. The molecular weight excluding hydrogens is 829 g/mol. The summed E-state index contributed by atoms with van der Waals surface area (Å²) >= 11 is 0. The molecule has 0 spiro atoms. The molecule has 0 aromatic heterocycles. The number of allylic oxidation sites excluding steroid dienone is 28. The van der Waals surface area contributed by atoms with Crippen molar-refractivity contribution in [2.75, 3.05) is 13.2 Å². The van der Waals surface area contributed by atoms with Gasteiger partial charge >= 0.3 is 17.9 Å². The van der Waals surface area contributed by atoms with Gasteiger partial charge in [0.15, 0.2) is 6.10 Å². The number of rotatable bonds is 42. The Morgan fingerprint density at radius 3 is 0.940 bits per heavy atom. The van der Waals surface area contributed by atoms with Crippen LogP contribution in [-0.4, -0.2) is 37.2 Å². The lowest BCUT2D eigenvalue weighted by molar-refractivity contribution is -0.166. The summed E-state index contributed by atoms with van der Waals surface area (Å²) in [4.78, 5) is 37.9. The average molecular weight is 917 g/mol. The van der Waals surface area contributed by atoms with E-state index in [-0.39, 0.29) is 38.4 Å². The zero-order chi connectivity index (χ0) is 48.6. The molecule has 1 unspecified atom stereocenters. The minimum Gasteiger partial charge on any atom is -0.462 e. The summed E-state index contributed by atoms with van der Waals surface area (Å²) in [6.45, 7) is 6.05. The van der Waals surface area contributed by atoms with E-state index in [4.69, 9.17) is 14.2 Å². The Bertz CT molecular complexity index is 1670. The van der Waals surface area contributed by atoms with Gasteiger partial charge in [0, 0.05) is 6.42 Å². The molecule has 0 heterocycles. The number of ether oxygens (including phenoxy) is 3. The minimum absolute atomic E-state index is 0.0594. The molecule has 1 atom stereocenters. The molecule has 0 rings (SSSR count). The molecule has 0 bridgehead atoms. The molecule has 0 saturated carbocycles. The third kappa shape index (κ3) is 51.4. The SMILES string of the molecule is CC/C=C\C/C=C\C/C=C\C/C=C\C/C=C\CCCCCC(=O)OCC(COC(=O)C/C=C\C/C=C\C/C=C\C/C=C\C/C=C\CC)OC(=O)C/C=C\C/C=C\C/C=C\C/C=C\C/C=C\CC. The highest BCUT2D eigenvalue weighted by atomic mass is 16.6. The molecule has 368 valence electrons. The number of unbranched alkanes of at least 4 members (excludes halogenated alkanes) is 3. The topological polar surface area (TPSA) is 78.9 Å². The highest BCUT2D eigenvalue weighted by Crippen LogP contribution is 2.08. The molecule has 0 aliphatic carbocycles. The Morgan fingerprint density at radius 2 is 0.597 bits per heavy atom. The zero-order valence-electron chi connectivity index (χ0n) is 41.8. The third-order valence-electron chi connectivity index (χ3n) is 9.45. The van der Waals surface area contributed by atoms with Crippen LogP contribution in [0.4, 0.5) is 0 Å². The third-order valence-corrected chi connectivity index (χ3v) is 9.45. The van der Waals surface area contributed by atoms with Crippen molar-refractivity contribution in [2.45, 2.75) is 168 Å². The van der Waals surface area contributed by atoms with Crippen molar-refractivity contribution >= 4 is 17.9 Å². The van der Waals surface area contributed by atoms with Crippen molar-refractivity contribution in [1.82, 2.24) is 0 Å². The van der Waals surface area contributed by atoms with Crippen molar-refractivity contribution < 1.29 is 28.6 Å². The second kappa shape index (κ2) is 53.1. The van der Waals surface area contributed by atoms with E-state index in [2.05, 4.69) is 179 Å². The molecule has 6 heteroatoms. The van der Waals surface area contributed by atoms with Gasteiger partial charge in [-0.15, -0.1) is 0 Å². The first-order chi connectivity index (χ1) is 33.0. The van der Waals surface area contributed by atoms with E-state index in [9.17, 15) is 14.4 Å². The predicted octanol–water partition coefficient (Wildman–Crippen LogP) is 17.0. The van der Waals surface area contributed by atoms with E-state index in [1.807, 2.05) is 12.2 Å². The number of hydrogen-bond acceptors (Lipinski definition) is 6. The summed E-state index contributed by atoms with van der Waals surface area (Å²) in [6, 6.07) is 0. The van der Waals surface area contributed by atoms with Crippen LogP contribution in [0.15, 0.2) is 182 Å². The molecule has 0 aliphatic heterocycles. The largest absolute Gasteiger partial charge is 0.462 e. The fraction of sp³-hybridized carbons (Fsp3) is 0.459. The van der Waals surface area contributed by atoms with E-state index in [0.717, 1.165) is 103 Å². The number of carbonyl (C=O) groups excluding carboxylic acids is 3. The summed E-state index contributed by atoms with van der Waals surface area (Å²) in [5.74, 6) is -1.29. The quantitative estimate of drug-likeness (QED) is 0.0263. The monoisotopic (exact) mass is 917 g/mol. The Hall–Kier alpha value is -5.49. The van der Waals surface area contributed by atoms with Crippen LogP contribution >= 0.6 is 0 Å². The van der Waals surface area contributed by atoms with Gasteiger partial charge in [0.25, 0.3) is 0 Å². The first kappa shape index (κ1) is 61.5. The molecular formula is C61H88O6. The maximum absolute atomic E-state index is 12.7. The molecule has 67 heavy (non-hydrogen) atoms.